The number of esters is 1. The first-order valence-corrected chi connectivity index (χ1v) is 8.47. The van der Waals surface area contributed by atoms with Gasteiger partial charge in [0.1, 0.15) is 13.2 Å². The molecule has 6 heteroatoms. The van der Waals surface area contributed by atoms with Crippen molar-refractivity contribution in [3.8, 4) is 11.5 Å². The van der Waals surface area contributed by atoms with Gasteiger partial charge in [-0.25, -0.2) is 0 Å². The van der Waals surface area contributed by atoms with E-state index in [1.807, 2.05) is 31.2 Å². The van der Waals surface area contributed by atoms with Crippen molar-refractivity contribution < 1.29 is 23.8 Å². The van der Waals surface area contributed by atoms with Crippen molar-refractivity contribution in [1.82, 2.24) is 0 Å². The van der Waals surface area contributed by atoms with Crippen LogP contribution in [0.3, 0.4) is 0 Å². The maximum atomic E-state index is 12.3. The fourth-order valence-corrected chi connectivity index (χ4v) is 2.62. The molecule has 1 atom stereocenters. The van der Waals surface area contributed by atoms with Gasteiger partial charge in [-0.2, -0.15) is 0 Å². The number of rotatable bonds is 5. The summed E-state index contributed by atoms with van der Waals surface area (Å²) in [5.41, 5.74) is 2.45. The lowest BCUT2D eigenvalue weighted by atomic mass is 10.1. The molecular formula is C20H21NO5. The normalized spacial score (nSPS) is 13.6. The van der Waals surface area contributed by atoms with Gasteiger partial charge in [0.15, 0.2) is 17.6 Å². The molecule has 2 aromatic rings. The number of hydrogen-bond acceptors (Lipinski definition) is 5. The van der Waals surface area contributed by atoms with Crippen molar-refractivity contribution >= 4 is 17.6 Å². The third kappa shape index (κ3) is 4.33. The first-order chi connectivity index (χ1) is 12.5. The Labute approximate surface area is 152 Å². The lowest BCUT2D eigenvalue weighted by Gasteiger charge is -2.19. The van der Waals surface area contributed by atoms with Crippen LogP contribution in [0.1, 0.15) is 18.1 Å². The Hall–Kier alpha value is -3.02. The summed E-state index contributed by atoms with van der Waals surface area (Å²) in [6.07, 6.45) is -0.770. The zero-order valence-electron chi connectivity index (χ0n) is 14.8. The molecule has 0 fully saturated rings. The Morgan fingerprint density at radius 2 is 1.85 bits per heavy atom. The summed E-state index contributed by atoms with van der Waals surface area (Å²) in [5, 5.41) is 2.72. The van der Waals surface area contributed by atoms with Crippen molar-refractivity contribution in [2.45, 2.75) is 26.4 Å². The number of ether oxygens (including phenoxy) is 3. The van der Waals surface area contributed by atoms with Gasteiger partial charge < -0.3 is 19.5 Å². The molecule has 1 aliphatic heterocycles. The highest BCUT2D eigenvalue weighted by molar-refractivity contribution is 5.95. The van der Waals surface area contributed by atoms with Crippen LogP contribution >= 0.6 is 0 Å². The van der Waals surface area contributed by atoms with Gasteiger partial charge in [-0.3, -0.25) is 9.59 Å². The number of hydrogen-bond donors (Lipinski definition) is 1. The number of anilines is 1. The van der Waals surface area contributed by atoms with E-state index in [-0.39, 0.29) is 6.42 Å². The summed E-state index contributed by atoms with van der Waals surface area (Å²) >= 11 is 0. The van der Waals surface area contributed by atoms with E-state index in [1.54, 1.807) is 25.1 Å². The van der Waals surface area contributed by atoms with E-state index >= 15 is 0 Å². The number of amides is 1. The SMILES string of the molecule is Cc1ccccc1CC(=O)OC(C)C(=O)Nc1ccc2c(c1)OCCO2. The first kappa shape index (κ1) is 17.8. The van der Waals surface area contributed by atoms with E-state index in [2.05, 4.69) is 5.32 Å². The van der Waals surface area contributed by atoms with Crippen LogP contribution < -0.4 is 14.8 Å². The van der Waals surface area contributed by atoms with E-state index in [9.17, 15) is 9.59 Å². The van der Waals surface area contributed by atoms with Crippen molar-refractivity contribution in [1.29, 1.82) is 0 Å². The second-order valence-corrected chi connectivity index (χ2v) is 6.08. The van der Waals surface area contributed by atoms with Crippen molar-refractivity contribution in [3.63, 3.8) is 0 Å². The highest BCUT2D eigenvalue weighted by Gasteiger charge is 2.20. The van der Waals surface area contributed by atoms with Gasteiger partial charge in [0.2, 0.25) is 0 Å². The zero-order chi connectivity index (χ0) is 18.5. The average Bonchev–Trinajstić information content (AvgIpc) is 2.63. The number of aryl methyl sites for hydroxylation is 1. The van der Waals surface area contributed by atoms with Crippen LogP contribution in [0.5, 0.6) is 11.5 Å². The van der Waals surface area contributed by atoms with Crippen molar-refractivity contribution in [2.24, 2.45) is 0 Å². The van der Waals surface area contributed by atoms with Gasteiger partial charge in [-0.15, -0.1) is 0 Å². The Kier molecular flexibility index (Phi) is 5.41. The predicted octanol–water partition coefficient (Wildman–Crippen LogP) is 2.88. The molecule has 0 aliphatic carbocycles. The van der Waals surface area contributed by atoms with Gasteiger partial charge in [-0.05, 0) is 37.1 Å². The molecule has 1 heterocycles. The number of nitrogens with one attached hydrogen (secondary N) is 1. The number of fused-ring (bicyclic) bond motifs is 1. The zero-order valence-corrected chi connectivity index (χ0v) is 14.8. The van der Waals surface area contributed by atoms with E-state index in [0.717, 1.165) is 11.1 Å². The molecule has 0 aromatic heterocycles. The molecule has 2 aromatic carbocycles. The summed E-state index contributed by atoms with van der Waals surface area (Å²) in [7, 11) is 0. The van der Waals surface area contributed by atoms with Crippen LogP contribution in [-0.2, 0) is 20.7 Å². The van der Waals surface area contributed by atoms with Crippen LogP contribution in [0.4, 0.5) is 5.69 Å². The molecule has 6 nitrogen and oxygen atoms in total. The summed E-state index contributed by atoms with van der Waals surface area (Å²) in [6.45, 7) is 4.45. The average molecular weight is 355 g/mol. The fraction of sp³-hybridized carbons (Fsp3) is 0.300. The van der Waals surface area contributed by atoms with E-state index < -0.39 is 18.0 Å². The standard InChI is InChI=1S/C20H21NO5/c1-13-5-3-4-6-15(13)11-19(22)26-14(2)20(23)21-16-7-8-17-18(12-16)25-10-9-24-17/h3-8,12,14H,9-11H2,1-2H3,(H,21,23). The van der Waals surface area contributed by atoms with Crippen LogP contribution in [0.15, 0.2) is 42.5 Å². The minimum absolute atomic E-state index is 0.133. The minimum atomic E-state index is -0.903. The van der Waals surface area contributed by atoms with E-state index in [1.165, 1.54) is 0 Å². The third-order valence-corrected chi connectivity index (χ3v) is 4.08. The fourth-order valence-electron chi connectivity index (χ4n) is 2.62. The molecule has 1 N–H and O–H groups in total. The molecule has 0 saturated carbocycles. The van der Waals surface area contributed by atoms with E-state index in [0.29, 0.717) is 30.4 Å². The second-order valence-electron chi connectivity index (χ2n) is 6.08. The monoisotopic (exact) mass is 355 g/mol. The maximum absolute atomic E-state index is 12.3. The highest BCUT2D eigenvalue weighted by Crippen LogP contribution is 2.32. The molecule has 1 unspecified atom stereocenters. The van der Waals surface area contributed by atoms with Gasteiger partial charge in [0, 0.05) is 11.8 Å². The van der Waals surface area contributed by atoms with Gasteiger partial charge in [-0.1, -0.05) is 24.3 Å². The molecule has 0 saturated heterocycles. The molecule has 26 heavy (non-hydrogen) atoms. The Morgan fingerprint density at radius 1 is 1.12 bits per heavy atom. The van der Waals surface area contributed by atoms with Crippen LogP contribution in [0, 0.1) is 6.92 Å². The summed E-state index contributed by atoms with van der Waals surface area (Å²) in [5.74, 6) is 0.383. The largest absolute Gasteiger partial charge is 0.486 e. The maximum Gasteiger partial charge on any atom is 0.311 e. The Morgan fingerprint density at radius 3 is 2.62 bits per heavy atom. The quantitative estimate of drug-likeness (QED) is 0.835. The van der Waals surface area contributed by atoms with Crippen LogP contribution in [0.25, 0.3) is 0 Å². The molecule has 0 radical (unpaired) electrons. The lowest BCUT2D eigenvalue weighted by Crippen LogP contribution is -2.30. The number of carbonyl (C=O) groups is 2. The Bertz CT molecular complexity index is 818. The highest BCUT2D eigenvalue weighted by atomic mass is 16.6. The van der Waals surface area contributed by atoms with Crippen LogP contribution in [0.2, 0.25) is 0 Å². The third-order valence-electron chi connectivity index (χ3n) is 4.08. The smallest absolute Gasteiger partial charge is 0.311 e. The molecular weight excluding hydrogens is 334 g/mol. The predicted molar refractivity (Wildman–Crippen MR) is 96.5 cm³/mol. The molecule has 136 valence electrons. The first-order valence-electron chi connectivity index (χ1n) is 8.47. The topological polar surface area (TPSA) is 73.9 Å². The molecule has 0 spiro atoms. The minimum Gasteiger partial charge on any atom is -0.486 e. The van der Waals surface area contributed by atoms with Gasteiger partial charge in [0.05, 0.1) is 6.42 Å². The van der Waals surface area contributed by atoms with Crippen molar-refractivity contribution in [2.75, 3.05) is 18.5 Å². The van der Waals surface area contributed by atoms with Crippen molar-refractivity contribution in [3.05, 3.63) is 53.6 Å². The summed E-state index contributed by atoms with van der Waals surface area (Å²) in [6, 6.07) is 12.7. The number of carbonyl (C=O) groups excluding carboxylic acids is 2. The number of benzene rings is 2. The second kappa shape index (κ2) is 7.91. The van der Waals surface area contributed by atoms with E-state index in [4.69, 9.17) is 14.2 Å². The molecule has 0 bridgehead atoms. The van der Waals surface area contributed by atoms with Crippen LogP contribution in [-0.4, -0.2) is 31.2 Å². The molecule has 3 rings (SSSR count). The lowest BCUT2D eigenvalue weighted by molar-refractivity contribution is -0.152. The summed E-state index contributed by atoms with van der Waals surface area (Å²) in [4.78, 5) is 24.4. The Balaban J connectivity index is 1.56. The van der Waals surface area contributed by atoms with Gasteiger partial charge >= 0.3 is 5.97 Å². The molecule has 1 aliphatic rings. The van der Waals surface area contributed by atoms with Gasteiger partial charge in [0.25, 0.3) is 5.91 Å². The summed E-state index contributed by atoms with van der Waals surface area (Å²) < 4.78 is 16.2. The molecule has 1 amide bonds.